The zero-order valence-electron chi connectivity index (χ0n) is 15.1. The highest BCUT2D eigenvalue weighted by atomic mass is 35.5. The molecule has 0 bridgehead atoms. The van der Waals surface area contributed by atoms with Crippen molar-refractivity contribution in [2.24, 2.45) is 0 Å². The van der Waals surface area contributed by atoms with Gasteiger partial charge in [-0.25, -0.2) is 9.67 Å². The molecule has 1 N–H and O–H groups in total. The number of pyridine rings is 2. The molecule has 0 aliphatic heterocycles. The summed E-state index contributed by atoms with van der Waals surface area (Å²) < 4.78 is 40.3. The van der Waals surface area contributed by atoms with E-state index >= 15 is 0 Å². The lowest BCUT2D eigenvalue weighted by Gasteiger charge is -2.08. The summed E-state index contributed by atoms with van der Waals surface area (Å²) in [5, 5.41) is 6.39. The van der Waals surface area contributed by atoms with Crippen molar-refractivity contribution in [1.82, 2.24) is 19.7 Å². The number of hydrogen-bond acceptors (Lipinski definition) is 4. The molecule has 1 amide bonds. The number of alkyl halides is 3. The minimum absolute atomic E-state index is 0. The van der Waals surface area contributed by atoms with E-state index in [0.29, 0.717) is 17.1 Å². The van der Waals surface area contributed by atoms with Crippen LogP contribution in [0.4, 0.5) is 18.9 Å². The molecule has 0 radical (unpaired) electrons. The maximum atomic E-state index is 13.0. The summed E-state index contributed by atoms with van der Waals surface area (Å²) in [6.07, 6.45) is 0.291. The minimum Gasteiger partial charge on any atom is -0.324 e. The fourth-order valence-corrected chi connectivity index (χ4v) is 2.85. The van der Waals surface area contributed by atoms with E-state index in [9.17, 15) is 18.0 Å². The molecule has 6 nitrogen and oxygen atoms in total. The van der Waals surface area contributed by atoms with Crippen molar-refractivity contribution >= 4 is 24.0 Å². The average molecular weight is 424 g/mol. The number of carbonyl (C=O) groups is 1. The highest BCUT2D eigenvalue weighted by Crippen LogP contribution is 2.42. The first-order valence-corrected chi connectivity index (χ1v) is 8.73. The van der Waals surface area contributed by atoms with Gasteiger partial charge in [0.05, 0.1) is 18.3 Å². The van der Waals surface area contributed by atoms with Crippen LogP contribution >= 0.6 is 12.4 Å². The standard InChI is InChI=1S/C19H16F3N5O.ClH/c20-19(21,22)16-10-15(12-4-5-12)27(26-16)17-7-6-14(11-24-17)25-18(28)9-13-3-1-2-8-23-13;/h1-3,6-8,10-12H,4-5,9H2,(H,25,28);1H. The number of anilines is 1. The molecule has 3 aromatic heterocycles. The maximum Gasteiger partial charge on any atom is 0.435 e. The number of nitrogens with zero attached hydrogens (tertiary/aromatic N) is 4. The Kier molecular flexibility index (Phi) is 5.88. The predicted octanol–water partition coefficient (Wildman–Crippen LogP) is 4.16. The summed E-state index contributed by atoms with van der Waals surface area (Å²) in [5.74, 6) is 0.0913. The molecule has 3 aromatic rings. The van der Waals surface area contributed by atoms with E-state index in [1.54, 1.807) is 30.5 Å². The summed E-state index contributed by atoms with van der Waals surface area (Å²) in [4.78, 5) is 20.3. The Hall–Kier alpha value is -2.94. The van der Waals surface area contributed by atoms with Crippen molar-refractivity contribution in [2.45, 2.75) is 31.4 Å². The molecule has 10 heteroatoms. The van der Waals surface area contributed by atoms with Gasteiger partial charge in [0.1, 0.15) is 0 Å². The monoisotopic (exact) mass is 423 g/mol. The lowest BCUT2D eigenvalue weighted by atomic mass is 10.2. The number of carbonyl (C=O) groups excluding carboxylic acids is 1. The zero-order valence-corrected chi connectivity index (χ0v) is 15.9. The summed E-state index contributed by atoms with van der Waals surface area (Å²) >= 11 is 0. The normalized spacial score (nSPS) is 13.6. The Labute approximate surface area is 170 Å². The van der Waals surface area contributed by atoms with Crippen molar-refractivity contribution in [3.63, 3.8) is 0 Å². The molecule has 1 saturated carbocycles. The van der Waals surface area contributed by atoms with E-state index in [1.165, 1.54) is 16.9 Å². The molecule has 1 aliphatic carbocycles. The molecule has 0 atom stereocenters. The van der Waals surface area contributed by atoms with Crippen LogP contribution in [-0.2, 0) is 17.4 Å². The molecule has 1 aliphatic rings. The van der Waals surface area contributed by atoms with Gasteiger partial charge in [-0.1, -0.05) is 6.07 Å². The van der Waals surface area contributed by atoms with E-state index in [0.717, 1.165) is 18.9 Å². The first kappa shape index (κ1) is 20.8. The van der Waals surface area contributed by atoms with E-state index in [2.05, 4.69) is 20.4 Å². The van der Waals surface area contributed by atoms with E-state index in [-0.39, 0.29) is 36.5 Å². The fourth-order valence-electron chi connectivity index (χ4n) is 2.85. The molecule has 29 heavy (non-hydrogen) atoms. The number of amides is 1. The fraction of sp³-hybridized carbons (Fsp3) is 0.263. The quantitative estimate of drug-likeness (QED) is 0.668. The van der Waals surface area contributed by atoms with Crippen molar-refractivity contribution in [2.75, 3.05) is 5.32 Å². The van der Waals surface area contributed by atoms with E-state index in [1.807, 2.05) is 0 Å². The van der Waals surface area contributed by atoms with Gasteiger partial charge in [0.15, 0.2) is 11.5 Å². The van der Waals surface area contributed by atoms with Crippen LogP contribution in [0.5, 0.6) is 0 Å². The first-order valence-electron chi connectivity index (χ1n) is 8.73. The lowest BCUT2D eigenvalue weighted by molar-refractivity contribution is -0.141. The SMILES string of the molecule is Cl.O=C(Cc1ccccn1)Nc1ccc(-n2nc(C(F)(F)F)cc2C2CC2)nc1. The van der Waals surface area contributed by atoms with Gasteiger partial charge in [-0.15, -0.1) is 12.4 Å². The summed E-state index contributed by atoms with van der Waals surface area (Å²) in [6, 6.07) is 9.51. The Morgan fingerprint density at radius 1 is 1.17 bits per heavy atom. The van der Waals surface area contributed by atoms with Crippen LogP contribution in [0.25, 0.3) is 5.82 Å². The lowest BCUT2D eigenvalue weighted by Crippen LogP contribution is -2.15. The molecule has 0 aromatic carbocycles. The smallest absolute Gasteiger partial charge is 0.324 e. The molecule has 0 spiro atoms. The second-order valence-corrected chi connectivity index (χ2v) is 6.59. The topological polar surface area (TPSA) is 72.7 Å². The third-order valence-electron chi connectivity index (χ3n) is 4.34. The highest BCUT2D eigenvalue weighted by molar-refractivity contribution is 5.91. The number of rotatable bonds is 5. The number of aromatic nitrogens is 4. The Morgan fingerprint density at radius 2 is 1.97 bits per heavy atom. The van der Waals surface area contributed by atoms with Crippen LogP contribution in [-0.4, -0.2) is 25.7 Å². The highest BCUT2D eigenvalue weighted by Gasteiger charge is 2.38. The minimum atomic E-state index is -4.51. The summed E-state index contributed by atoms with van der Waals surface area (Å²) in [7, 11) is 0. The third kappa shape index (κ3) is 4.92. The largest absolute Gasteiger partial charge is 0.435 e. The van der Waals surface area contributed by atoms with Crippen LogP contribution in [0, 0.1) is 0 Å². The van der Waals surface area contributed by atoms with E-state index in [4.69, 9.17) is 0 Å². The second-order valence-electron chi connectivity index (χ2n) is 6.59. The molecule has 0 saturated heterocycles. The van der Waals surface area contributed by atoms with Gasteiger partial charge in [-0.05, 0) is 43.2 Å². The van der Waals surface area contributed by atoms with Gasteiger partial charge in [-0.3, -0.25) is 9.78 Å². The number of halogens is 4. The first-order chi connectivity index (χ1) is 13.4. The third-order valence-corrected chi connectivity index (χ3v) is 4.34. The van der Waals surface area contributed by atoms with Gasteiger partial charge in [0.25, 0.3) is 0 Å². The molecular weight excluding hydrogens is 407 g/mol. The summed E-state index contributed by atoms with van der Waals surface area (Å²) in [5.41, 5.74) is 0.659. The molecule has 152 valence electrons. The Balaban J connectivity index is 0.00000240. The van der Waals surface area contributed by atoms with Gasteiger partial charge in [0.2, 0.25) is 5.91 Å². The number of nitrogens with one attached hydrogen (secondary N) is 1. The molecule has 1 fully saturated rings. The van der Waals surface area contributed by atoms with Crippen molar-refractivity contribution in [1.29, 1.82) is 0 Å². The summed E-state index contributed by atoms with van der Waals surface area (Å²) in [6.45, 7) is 0. The number of hydrogen-bond donors (Lipinski definition) is 1. The van der Waals surface area contributed by atoms with Crippen LogP contribution < -0.4 is 5.32 Å². The molecule has 0 unspecified atom stereocenters. The zero-order chi connectivity index (χ0) is 19.7. The van der Waals surface area contributed by atoms with Crippen molar-refractivity contribution in [3.8, 4) is 5.82 Å². The van der Waals surface area contributed by atoms with Crippen molar-refractivity contribution < 1.29 is 18.0 Å². The maximum absolute atomic E-state index is 13.0. The van der Waals surface area contributed by atoms with Crippen LogP contribution in [0.1, 0.15) is 35.8 Å². The Bertz CT molecular complexity index is 985. The van der Waals surface area contributed by atoms with Gasteiger partial charge in [-0.2, -0.15) is 18.3 Å². The molecule has 4 rings (SSSR count). The van der Waals surface area contributed by atoms with Gasteiger partial charge in [0, 0.05) is 23.5 Å². The van der Waals surface area contributed by atoms with Gasteiger partial charge >= 0.3 is 6.18 Å². The molecular formula is C19H17ClF3N5O. The van der Waals surface area contributed by atoms with E-state index < -0.39 is 11.9 Å². The second kappa shape index (κ2) is 8.20. The predicted molar refractivity (Wildman–Crippen MR) is 102 cm³/mol. The molecule has 3 heterocycles. The van der Waals surface area contributed by atoms with Crippen LogP contribution in [0.15, 0.2) is 48.8 Å². The Morgan fingerprint density at radius 3 is 2.55 bits per heavy atom. The van der Waals surface area contributed by atoms with Crippen LogP contribution in [0.2, 0.25) is 0 Å². The van der Waals surface area contributed by atoms with Gasteiger partial charge < -0.3 is 5.32 Å². The van der Waals surface area contributed by atoms with Crippen LogP contribution in [0.3, 0.4) is 0 Å². The van der Waals surface area contributed by atoms with Crippen molar-refractivity contribution in [3.05, 3.63) is 65.9 Å². The average Bonchev–Trinajstić information content (AvgIpc) is 3.40.